The van der Waals surface area contributed by atoms with E-state index in [2.05, 4.69) is 10.2 Å². The summed E-state index contributed by atoms with van der Waals surface area (Å²) >= 11 is 0. The molecule has 1 aromatic rings. The van der Waals surface area contributed by atoms with Gasteiger partial charge in [0.25, 0.3) is 5.56 Å². The summed E-state index contributed by atoms with van der Waals surface area (Å²) in [6.45, 7) is 0.528. The van der Waals surface area contributed by atoms with E-state index in [1.54, 1.807) is 0 Å². The van der Waals surface area contributed by atoms with Gasteiger partial charge in [-0.25, -0.2) is 14.7 Å². The van der Waals surface area contributed by atoms with Gasteiger partial charge in [-0.2, -0.15) is 0 Å². The molecule has 1 aliphatic rings. The Balaban J connectivity index is 2.25. The van der Waals surface area contributed by atoms with Gasteiger partial charge in [0.2, 0.25) is 5.82 Å². The van der Waals surface area contributed by atoms with Crippen molar-refractivity contribution in [3.05, 3.63) is 20.8 Å². The van der Waals surface area contributed by atoms with Crippen molar-refractivity contribution in [1.29, 1.82) is 0 Å². The number of anilines is 1. The monoisotopic (exact) mass is 242 g/mol. The summed E-state index contributed by atoms with van der Waals surface area (Å²) in [7, 11) is 0. The lowest BCUT2D eigenvalue weighted by Crippen LogP contribution is -2.48. The Morgan fingerprint density at radius 3 is 2.94 bits per heavy atom. The molecule has 0 amide bonds. The first-order chi connectivity index (χ1) is 8.08. The Labute approximate surface area is 94.0 Å². The van der Waals surface area contributed by atoms with Crippen molar-refractivity contribution in [3.8, 4) is 0 Å². The van der Waals surface area contributed by atoms with Gasteiger partial charge in [-0.1, -0.05) is 0 Å². The lowest BCUT2D eigenvalue weighted by Gasteiger charge is -2.30. The number of morpholine rings is 1. The number of carboxylic acid groups (broad SMARTS) is 1. The van der Waals surface area contributed by atoms with Crippen LogP contribution in [-0.4, -0.2) is 52.1 Å². The Bertz CT molecular complexity index is 535. The van der Waals surface area contributed by atoms with Crippen LogP contribution < -0.4 is 16.1 Å². The topological polar surface area (TPSA) is 128 Å². The normalized spacial score (nSPS) is 20.2. The van der Waals surface area contributed by atoms with Crippen LogP contribution in [0.25, 0.3) is 0 Å². The number of hydrogen-bond donors (Lipinski definition) is 3. The van der Waals surface area contributed by atoms with Crippen molar-refractivity contribution < 1.29 is 14.6 Å². The van der Waals surface area contributed by atoms with Gasteiger partial charge in [0.1, 0.15) is 0 Å². The molecule has 9 nitrogen and oxygen atoms in total. The number of nitrogens with zero attached hydrogens (tertiary/aromatic N) is 2. The van der Waals surface area contributed by atoms with Gasteiger partial charge < -0.3 is 14.7 Å². The minimum Gasteiger partial charge on any atom is -0.479 e. The second-order valence-electron chi connectivity index (χ2n) is 3.47. The third kappa shape index (κ3) is 2.33. The number of aromatic nitrogens is 3. The summed E-state index contributed by atoms with van der Waals surface area (Å²) in [4.78, 5) is 36.5. The van der Waals surface area contributed by atoms with E-state index >= 15 is 0 Å². The van der Waals surface area contributed by atoms with Crippen LogP contribution >= 0.6 is 0 Å². The highest BCUT2D eigenvalue weighted by atomic mass is 16.5. The minimum atomic E-state index is -1.10. The number of aromatic amines is 2. The van der Waals surface area contributed by atoms with Crippen molar-refractivity contribution in [2.45, 2.75) is 6.10 Å². The van der Waals surface area contributed by atoms with E-state index in [4.69, 9.17) is 9.84 Å². The number of carboxylic acids is 1. The van der Waals surface area contributed by atoms with Gasteiger partial charge in [0.15, 0.2) is 6.10 Å². The maximum atomic E-state index is 11.4. The average Bonchev–Trinajstić information content (AvgIpc) is 2.29. The molecule has 0 aliphatic carbocycles. The van der Waals surface area contributed by atoms with Crippen LogP contribution in [0.2, 0.25) is 0 Å². The first kappa shape index (κ1) is 11.3. The zero-order valence-electron chi connectivity index (χ0n) is 8.67. The average molecular weight is 242 g/mol. The maximum Gasteiger partial charge on any atom is 0.342 e. The van der Waals surface area contributed by atoms with Crippen LogP contribution in [0.4, 0.5) is 5.82 Å². The van der Waals surface area contributed by atoms with Crippen molar-refractivity contribution in [2.24, 2.45) is 0 Å². The summed E-state index contributed by atoms with van der Waals surface area (Å²) in [6.07, 6.45) is -1.00. The molecule has 1 saturated heterocycles. The standard InChI is InChI=1S/C8H10N4O5/c13-6-5(10-11-8(16)9-6)12-1-2-17-4(3-12)7(14)15/h4H,1-3H2,(H,14,15)(H2,9,11,13,16). The van der Waals surface area contributed by atoms with E-state index in [0.29, 0.717) is 6.54 Å². The predicted molar refractivity (Wildman–Crippen MR) is 55.1 cm³/mol. The second-order valence-corrected chi connectivity index (χ2v) is 3.47. The summed E-state index contributed by atoms with van der Waals surface area (Å²) in [5, 5.41) is 14.5. The number of rotatable bonds is 2. The van der Waals surface area contributed by atoms with Crippen LogP contribution in [0.3, 0.4) is 0 Å². The fourth-order valence-corrected chi connectivity index (χ4v) is 1.55. The maximum absolute atomic E-state index is 11.4. The zero-order chi connectivity index (χ0) is 12.4. The van der Waals surface area contributed by atoms with Crippen LogP contribution in [0, 0.1) is 0 Å². The van der Waals surface area contributed by atoms with Gasteiger partial charge in [-0.05, 0) is 0 Å². The summed E-state index contributed by atoms with van der Waals surface area (Å²) in [6, 6.07) is 0. The van der Waals surface area contributed by atoms with Crippen LogP contribution in [-0.2, 0) is 9.53 Å². The summed E-state index contributed by atoms with van der Waals surface area (Å²) in [5.74, 6) is -1.12. The number of nitrogens with one attached hydrogen (secondary N) is 2. The van der Waals surface area contributed by atoms with E-state index in [9.17, 15) is 14.4 Å². The molecule has 1 unspecified atom stereocenters. The number of H-pyrrole nitrogens is 2. The smallest absolute Gasteiger partial charge is 0.342 e. The molecule has 2 heterocycles. The highest BCUT2D eigenvalue weighted by molar-refractivity contribution is 5.73. The minimum absolute atomic E-state index is 0.0114. The van der Waals surface area contributed by atoms with Gasteiger partial charge in [-0.15, -0.1) is 5.10 Å². The molecule has 9 heteroatoms. The first-order valence-corrected chi connectivity index (χ1v) is 4.86. The Hall–Kier alpha value is -2.16. The Morgan fingerprint density at radius 2 is 2.29 bits per heavy atom. The first-order valence-electron chi connectivity index (χ1n) is 4.86. The molecule has 92 valence electrons. The highest BCUT2D eigenvalue weighted by Gasteiger charge is 2.28. The quantitative estimate of drug-likeness (QED) is 0.534. The third-order valence-corrected chi connectivity index (χ3v) is 2.33. The molecule has 1 aliphatic heterocycles. The number of carbonyl (C=O) groups is 1. The van der Waals surface area contributed by atoms with Crippen molar-refractivity contribution in [1.82, 2.24) is 15.2 Å². The molecule has 1 aromatic heterocycles. The van der Waals surface area contributed by atoms with Crippen LogP contribution in [0.1, 0.15) is 0 Å². The van der Waals surface area contributed by atoms with Crippen molar-refractivity contribution in [3.63, 3.8) is 0 Å². The largest absolute Gasteiger partial charge is 0.479 e. The van der Waals surface area contributed by atoms with Crippen molar-refractivity contribution >= 4 is 11.8 Å². The Kier molecular flexibility index (Phi) is 2.91. The lowest BCUT2D eigenvalue weighted by molar-refractivity contribution is -0.150. The molecule has 0 bridgehead atoms. The fraction of sp³-hybridized carbons (Fsp3) is 0.500. The molecular formula is C8H10N4O5. The van der Waals surface area contributed by atoms with E-state index in [1.165, 1.54) is 4.90 Å². The lowest BCUT2D eigenvalue weighted by atomic mass is 10.3. The van der Waals surface area contributed by atoms with E-state index < -0.39 is 23.3 Å². The third-order valence-electron chi connectivity index (χ3n) is 2.33. The number of aliphatic carboxylic acids is 1. The molecule has 0 aromatic carbocycles. The molecule has 0 spiro atoms. The molecule has 0 saturated carbocycles. The number of hydrogen-bond acceptors (Lipinski definition) is 6. The molecule has 0 radical (unpaired) electrons. The molecular weight excluding hydrogens is 232 g/mol. The number of ether oxygens (including phenoxy) is 1. The van der Waals surface area contributed by atoms with Gasteiger partial charge in [0, 0.05) is 6.54 Å². The second kappa shape index (κ2) is 4.37. The fourth-order valence-electron chi connectivity index (χ4n) is 1.55. The molecule has 1 fully saturated rings. The van der Waals surface area contributed by atoms with Gasteiger partial charge >= 0.3 is 11.7 Å². The van der Waals surface area contributed by atoms with Crippen molar-refractivity contribution in [2.75, 3.05) is 24.6 Å². The van der Waals surface area contributed by atoms with Gasteiger partial charge in [0.05, 0.1) is 13.2 Å². The molecule has 2 rings (SSSR count). The summed E-state index contributed by atoms with van der Waals surface area (Å²) < 4.78 is 5.00. The SMILES string of the molecule is O=C(O)C1CN(c2n[nH]c(=O)[nH]c2=O)CCO1. The Morgan fingerprint density at radius 1 is 1.53 bits per heavy atom. The molecule has 3 N–H and O–H groups in total. The highest BCUT2D eigenvalue weighted by Crippen LogP contribution is 2.09. The molecule has 17 heavy (non-hydrogen) atoms. The van der Waals surface area contributed by atoms with E-state index in [1.807, 2.05) is 4.98 Å². The van der Waals surface area contributed by atoms with Crippen LogP contribution in [0.5, 0.6) is 0 Å². The molecule has 1 atom stereocenters. The van der Waals surface area contributed by atoms with Crippen LogP contribution in [0.15, 0.2) is 9.59 Å². The van der Waals surface area contributed by atoms with E-state index in [-0.39, 0.29) is 19.0 Å². The van der Waals surface area contributed by atoms with Gasteiger partial charge in [-0.3, -0.25) is 9.78 Å². The summed E-state index contributed by atoms with van der Waals surface area (Å²) in [5.41, 5.74) is -1.36. The zero-order valence-corrected chi connectivity index (χ0v) is 8.67. The predicted octanol–water partition coefficient (Wildman–Crippen LogP) is -2.25. The van der Waals surface area contributed by atoms with E-state index in [0.717, 1.165) is 0 Å².